The first-order valence-electron chi connectivity index (χ1n) is 17.7. The summed E-state index contributed by atoms with van der Waals surface area (Å²) in [5.41, 5.74) is 3.48. The Bertz CT molecular complexity index is 2020. The van der Waals surface area contributed by atoms with Crippen LogP contribution in [0.15, 0.2) is 97.1 Å². The van der Waals surface area contributed by atoms with Crippen LogP contribution in [0.3, 0.4) is 0 Å². The highest BCUT2D eigenvalue weighted by Gasteiger charge is 2.34. The first kappa shape index (κ1) is 34.2. The molecule has 0 saturated heterocycles. The molecule has 266 valence electrons. The number of ether oxygens (including phenoxy) is 2. The van der Waals surface area contributed by atoms with Gasteiger partial charge in [-0.05, 0) is 96.1 Å². The van der Waals surface area contributed by atoms with E-state index in [0.717, 1.165) is 105 Å². The Labute approximate surface area is 306 Å². The van der Waals surface area contributed by atoms with E-state index < -0.39 is 17.2 Å². The predicted octanol–water partition coefficient (Wildman–Crippen LogP) is 12.5. The van der Waals surface area contributed by atoms with Gasteiger partial charge >= 0.3 is 17.2 Å². The van der Waals surface area contributed by atoms with Gasteiger partial charge in [-0.15, -0.1) is 0 Å². The molecule has 0 amide bonds. The third kappa shape index (κ3) is 6.62. The monoisotopic (exact) mass is 734 g/mol. The molecule has 0 saturated carbocycles. The highest BCUT2D eigenvalue weighted by molar-refractivity contribution is 7.43. The van der Waals surface area contributed by atoms with Crippen LogP contribution in [0.5, 0.6) is 46.0 Å². The molecule has 6 aromatic carbocycles. The minimum Gasteiger partial charge on any atom is -0.497 e. The zero-order valence-corrected chi connectivity index (χ0v) is 31.4. The van der Waals surface area contributed by atoms with Crippen molar-refractivity contribution < 1.29 is 36.6 Å². The molecule has 0 fully saturated rings. The van der Waals surface area contributed by atoms with Crippen LogP contribution in [0, 0.1) is 0 Å². The van der Waals surface area contributed by atoms with Crippen molar-refractivity contribution in [2.24, 2.45) is 0 Å². The Kier molecular flexibility index (Phi) is 9.86. The molecule has 6 aromatic rings. The fourth-order valence-corrected chi connectivity index (χ4v) is 8.91. The zero-order chi connectivity index (χ0) is 35.6. The Hall–Kier alpha value is -4.90. The summed E-state index contributed by atoms with van der Waals surface area (Å²) in [7, 11) is -0.386. The smallest absolute Gasteiger partial charge is 0.497 e. The van der Waals surface area contributed by atoms with Crippen molar-refractivity contribution in [2.75, 3.05) is 14.2 Å². The van der Waals surface area contributed by atoms with Gasteiger partial charge in [-0.2, -0.15) is 0 Å². The van der Waals surface area contributed by atoms with Crippen LogP contribution in [-0.2, 0) is 12.8 Å². The largest absolute Gasteiger partial charge is 0.530 e. The van der Waals surface area contributed by atoms with Crippen molar-refractivity contribution in [2.45, 2.75) is 52.4 Å². The maximum atomic E-state index is 6.89. The lowest BCUT2D eigenvalue weighted by Crippen LogP contribution is -2.10. The van der Waals surface area contributed by atoms with Crippen molar-refractivity contribution in [1.29, 1.82) is 0 Å². The standard InChI is InChI=1S/C42H40O8P2/c1-5-7-13-29-23-31(43-3)25-33(41(29)49-51-45-35-19-9-15-27-16-10-20-36(46-51)39(27)35)34-26-32(44-4)24-30(14-8-6-2)42(34)50-52-47-37-21-11-17-28-18-12-22-38(48-52)40(28)37/h9-12,15-26H,5-8,13-14H2,1-4H3. The lowest BCUT2D eigenvalue weighted by atomic mass is 9.94. The summed E-state index contributed by atoms with van der Waals surface area (Å²) in [4.78, 5) is 0. The summed E-state index contributed by atoms with van der Waals surface area (Å²) < 4.78 is 51.4. The number of hydrogen-bond donors (Lipinski definition) is 0. The minimum atomic E-state index is -1.87. The molecule has 0 bridgehead atoms. The molecule has 10 heteroatoms. The van der Waals surface area contributed by atoms with Crippen LogP contribution in [0.4, 0.5) is 0 Å². The van der Waals surface area contributed by atoms with E-state index in [1.807, 2.05) is 72.8 Å². The van der Waals surface area contributed by atoms with Gasteiger partial charge in [0, 0.05) is 11.1 Å². The second-order valence-electron chi connectivity index (χ2n) is 12.7. The molecule has 0 spiro atoms. The van der Waals surface area contributed by atoms with Gasteiger partial charge < -0.3 is 36.6 Å². The topological polar surface area (TPSA) is 73.8 Å². The van der Waals surface area contributed by atoms with Crippen LogP contribution >= 0.6 is 17.2 Å². The molecule has 0 aromatic heterocycles. The van der Waals surface area contributed by atoms with Crippen molar-refractivity contribution in [1.82, 2.24) is 0 Å². The van der Waals surface area contributed by atoms with Crippen LogP contribution in [-0.4, -0.2) is 14.2 Å². The quantitative estimate of drug-likeness (QED) is 0.109. The van der Waals surface area contributed by atoms with E-state index in [9.17, 15) is 0 Å². The minimum absolute atomic E-state index is 0.639. The van der Waals surface area contributed by atoms with Gasteiger partial charge in [0.1, 0.15) is 46.0 Å². The third-order valence-corrected chi connectivity index (χ3v) is 11.4. The summed E-state index contributed by atoms with van der Waals surface area (Å²) in [6.07, 6.45) is 5.43. The van der Waals surface area contributed by atoms with Gasteiger partial charge in [0.05, 0.1) is 25.0 Å². The lowest BCUT2D eigenvalue weighted by molar-refractivity contribution is 0.375. The van der Waals surface area contributed by atoms with Crippen molar-refractivity contribution in [3.63, 3.8) is 0 Å². The van der Waals surface area contributed by atoms with Gasteiger partial charge in [0.2, 0.25) is 0 Å². The Morgan fingerprint density at radius 3 is 1.19 bits per heavy atom. The second-order valence-corrected chi connectivity index (χ2v) is 14.7. The zero-order valence-electron chi connectivity index (χ0n) is 29.6. The Balaban J connectivity index is 1.26. The van der Waals surface area contributed by atoms with E-state index in [1.54, 1.807) is 14.2 Å². The normalized spacial score (nSPS) is 13.5. The summed E-state index contributed by atoms with van der Waals surface area (Å²) in [5, 5.41) is 3.96. The molecule has 0 unspecified atom stereocenters. The predicted molar refractivity (Wildman–Crippen MR) is 208 cm³/mol. The molecular formula is C42H40O8P2. The summed E-state index contributed by atoms with van der Waals surface area (Å²) in [6, 6.07) is 32.0. The molecule has 0 aliphatic carbocycles. The average molecular weight is 735 g/mol. The fourth-order valence-electron chi connectivity index (χ4n) is 6.71. The van der Waals surface area contributed by atoms with Gasteiger partial charge in [-0.3, -0.25) is 0 Å². The van der Waals surface area contributed by atoms with E-state index in [4.69, 9.17) is 36.6 Å². The number of hydrogen-bond acceptors (Lipinski definition) is 8. The average Bonchev–Trinajstić information content (AvgIpc) is 3.17. The number of benzene rings is 6. The molecule has 2 heterocycles. The molecule has 2 aliphatic heterocycles. The van der Waals surface area contributed by atoms with Gasteiger partial charge in [-0.25, -0.2) is 0 Å². The third-order valence-electron chi connectivity index (χ3n) is 9.32. The maximum Gasteiger partial charge on any atom is 0.530 e. The van der Waals surface area contributed by atoms with E-state index in [-0.39, 0.29) is 0 Å². The van der Waals surface area contributed by atoms with Crippen LogP contribution in [0.1, 0.15) is 50.7 Å². The summed E-state index contributed by atoms with van der Waals surface area (Å²) in [6.45, 7) is 4.35. The van der Waals surface area contributed by atoms with Crippen LogP contribution in [0.2, 0.25) is 0 Å². The maximum absolute atomic E-state index is 6.89. The Morgan fingerprint density at radius 2 is 0.865 bits per heavy atom. The molecule has 2 aliphatic rings. The molecule has 8 rings (SSSR count). The molecule has 0 N–H and O–H groups in total. The lowest BCUT2D eigenvalue weighted by Gasteiger charge is -2.28. The Morgan fingerprint density at radius 1 is 0.500 bits per heavy atom. The van der Waals surface area contributed by atoms with E-state index in [0.29, 0.717) is 23.0 Å². The second kappa shape index (κ2) is 15.0. The van der Waals surface area contributed by atoms with Gasteiger partial charge in [0.25, 0.3) is 0 Å². The number of aryl methyl sites for hydroxylation is 2. The molecular weight excluding hydrogens is 694 g/mol. The van der Waals surface area contributed by atoms with Crippen LogP contribution in [0.25, 0.3) is 32.7 Å². The van der Waals surface area contributed by atoms with Crippen LogP contribution < -0.4 is 36.6 Å². The highest BCUT2D eigenvalue weighted by atomic mass is 31.2. The fraction of sp³-hybridized carbons (Fsp3) is 0.238. The molecule has 52 heavy (non-hydrogen) atoms. The first-order chi connectivity index (χ1) is 25.6. The van der Waals surface area contributed by atoms with E-state index >= 15 is 0 Å². The number of unbranched alkanes of at least 4 members (excludes halogenated alkanes) is 2. The van der Waals surface area contributed by atoms with Crippen molar-refractivity contribution >= 4 is 38.7 Å². The molecule has 0 radical (unpaired) electrons. The van der Waals surface area contributed by atoms with Crippen molar-refractivity contribution in [3.05, 3.63) is 108 Å². The molecule has 8 nitrogen and oxygen atoms in total. The SMILES string of the molecule is CCCCc1cc(OC)cc(-c2cc(OC)cc(CCCC)c2OP2Oc3cccc4cccc(c34)O2)c1OP1Oc2cccc3cccc(c23)O1. The number of methoxy groups -OCH3 is 2. The van der Waals surface area contributed by atoms with Gasteiger partial charge in [0.15, 0.2) is 0 Å². The van der Waals surface area contributed by atoms with E-state index in [2.05, 4.69) is 38.1 Å². The first-order valence-corrected chi connectivity index (χ1v) is 19.9. The van der Waals surface area contributed by atoms with Crippen molar-refractivity contribution in [3.8, 4) is 57.1 Å². The number of rotatable bonds is 13. The summed E-state index contributed by atoms with van der Waals surface area (Å²) in [5.74, 6) is 5.59. The van der Waals surface area contributed by atoms with E-state index in [1.165, 1.54) is 0 Å². The molecule has 0 atom stereocenters. The highest BCUT2D eigenvalue weighted by Crippen LogP contribution is 2.57. The van der Waals surface area contributed by atoms with Gasteiger partial charge in [-0.1, -0.05) is 75.2 Å². The summed E-state index contributed by atoms with van der Waals surface area (Å²) >= 11 is 0.